The van der Waals surface area contributed by atoms with Gasteiger partial charge in [0, 0.05) is 29.9 Å². The lowest BCUT2D eigenvalue weighted by atomic mass is 10.0. The van der Waals surface area contributed by atoms with Gasteiger partial charge in [0.05, 0.1) is 11.6 Å². The van der Waals surface area contributed by atoms with Crippen molar-refractivity contribution in [2.75, 3.05) is 6.54 Å². The van der Waals surface area contributed by atoms with Crippen LogP contribution in [0.2, 0.25) is 0 Å². The lowest BCUT2D eigenvalue weighted by molar-refractivity contribution is -0.130. The zero-order chi connectivity index (χ0) is 16.8. The number of nitrogens with one attached hydrogen (secondary N) is 2. The van der Waals surface area contributed by atoms with E-state index in [4.69, 9.17) is 4.42 Å². The molecule has 6 nitrogen and oxygen atoms in total. The van der Waals surface area contributed by atoms with Crippen molar-refractivity contribution in [2.24, 2.45) is 0 Å². The highest BCUT2D eigenvalue weighted by Crippen LogP contribution is 2.31. The molecule has 0 bridgehead atoms. The number of hydrogen-bond donors (Lipinski definition) is 2. The number of nitrogens with zero attached hydrogens (tertiary/aromatic N) is 2. The molecule has 0 radical (unpaired) electrons. The average molecular weight is 332 g/mol. The van der Waals surface area contributed by atoms with Crippen molar-refractivity contribution in [3.05, 3.63) is 72.3 Å². The number of carbonyl (C=O) groups is 1. The Labute approximate surface area is 144 Å². The van der Waals surface area contributed by atoms with Gasteiger partial charge in [-0.3, -0.25) is 14.8 Å². The minimum Gasteiger partial charge on any atom is -0.455 e. The zero-order valence-corrected chi connectivity index (χ0v) is 13.3. The maximum absolute atomic E-state index is 12.5. The molecular weight excluding hydrogens is 316 g/mol. The number of fused-ring (bicyclic) bond motifs is 2. The van der Waals surface area contributed by atoms with E-state index in [1.165, 1.54) is 0 Å². The first kappa shape index (κ1) is 14.2. The molecule has 1 aromatic carbocycles. The van der Waals surface area contributed by atoms with Crippen LogP contribution in [0.25, 0.3) is 16.7 Å². The molecule has 2 aliphatic heterocycles. The molecule has 0 spiro atoms. The van der Waals surface area contributed by atoms with Crippen LogP contribution in [0, 0.1) is 0 Å². The smallest absolute Gasteiger partial charge is 0.264 e. The highest BCUT2D eigenvalue weighted by Gasteiger charge is 2.41. The predicted molar refractivity (Wildman–Crippen MR) is 92.9 cm³/mol. The van der Waals surface area contributed by atoms with Crippen LogP contribution in [0.4, 0.5) is 0 Å². The second-order valence-corrected chi connectivity index (χ2v) is 6.23. The Bertz CT molecular complexity index is 946. The molecule has 0 aliphatic carbocycles. The minimum absolute atomic E-state index is 0.0678. The molecule has 0 saturated carbocycles. The highest BCUT2D eigenvalue weighted by molar-refractivity contribution is 5.97. The van der Waals surface area contributed by atoms with Crippen LogP contribution in [0.15, 0.2) is 65.2 Å². The molecule has 6 heteroatoms. The summed E-state index contributed by atoms with van der Waals surface area (Å²) in [7, 11) is 0. The predicted octanol–water partition coefficient (Wildman–Crippen LogP) is 2.23. The van der Waals surface area contributed by atoms with E-state index in [0.717, 1.165) is 16.7 Å². The van der Waals surface area contributed by atoms with Crippen molar-refractivity contribution in [1.82, 2.24) is 20.7 Å². The van der Waals surface area contributed by atoms with Gasteiger partial charge in [0.2, 0.25) is 0 Å². The normalized spacial score (nSPS) is 22.6. The van der Waals surface area contributed by atoms with Crippen LogP contribution in [0.3, 0.4) is 0 Å². The second-order valence-electron chi connectivity index (χ2n) is 6.23. The molecular formula is C19H16N4O2. The van der Waals surface area contributed by atoms with Gasteiger partial charge in [-0.2, -0.15) is 0 Å². The number of hydrazine groups is 1. The summed E-state index contributed by atoms with van der Waals surface area (Å²) < 4.78 is 5.91. The summed E-state index contributed by atoms with van der Waals surface area (Å²) >= 11 is 0. The van der Waals surface area contributed by atoms with Crippen molar-refractivity contribution in [3.63, 3.8) is 0 Å². The Balaban J connectivity index is 1.51. The maximum Gasteiger partial charge on any atom is 0.264 e. The Morgan fingerprint density at radius 3 is 2.88 bits per heavy atom. The minimum atomic E-state index is -0.199. The highest BCUT2D eigenvalue weighted by atomic mass is 16.3. The number of aromatic nitrogens is 1. The van der Waals surface area contributed by atoms with Gasteiger partial charge in [-0.15, -0.1) is 0 Å². The first-order valence-corrected chi connectivity index (χ1v) is 8.24. The van der Waals surface area contributed by atoms with E-state index in [9.17, 15) is 4.79 Å². The summed E-state index contributed by atoms with van der Waals surface area (Å²) in [5.74, 6) is 0.650. The Kier molecular flexibility index (Phi) is 3.11. The number of carbonyl (C=O) groups excluding carboxylic acids is 1. The molecule has 2 aromatic heterocycles. The summed E-state index contributed by atoms with van der Waals surface area (Å²) in [6.07, 6.45) is 3.15. The Morgan fingerprint density at radius 1 is 1.16 bits per heavy atom. The Morgan fingerprint density at radius 2 is 2.04 bits per heavy atom. The van der Waals surface area contributed by atoms with E-state index >= 15 is 0 Å². The summed E-state index contributed by atoms with van der Waals surface area (Å²) in [4.78, 5) is 17.0. The SMILES string of the molecule is O=C1C=C(c2cc3ccccc3o2)NC2C(c3ccccn3)CNN12. The lowest BCUT2D eigenvalue weighted by Gasteiger charge is -2.32. The first-order chi connectivity index (χ1) is 12.3. The number of hydrogen-bond acceptors (Lipinski definition) is 5. The van der Waals surface area contributed by atoms with Crippen LogP contribution in [-0.2, 0) is 4.79 Å². The van der Waals surface area contributed by atoms with E-state index in [-0.39, 0.29) is 18.0 Å². The van der Waals surface area contributed by atoms with Gasteiger partial charge in [-0.25, -0.2) is 5.43 Å². The largest absolute Gasteiger partial charge is 0.455 e. The molecule has 25 heavy (non-hydrogen) atoms. The molecule has 3 aromatic rings. The van der Waals surface area contributed by atoms with Gasteiger partial charge in [-0.05, 0) is 24.3 Å². The molecule has 1 fully saturated rings. The number of furan rings is 1. The quantitative estimate of drug-likeness (QED) is 0.753. The molecule has 124 valence electrons. The molecule has 4 heterocycles. The fraction of sp³-hybridized carbons (Fsp3) is 0.158. The molecule has 2 unspecified atom stereocenters. The van der Waals surface area contributed by atoms with Gasteiger partial charge >= 0.3 is 0 Å². The lowest BCUT2D eigenvalue weighted by Crippen LogP contribution is -2.52. The summed E-state index contributed by atoms with van der Waals surface area (Å²) in [5.41, 5.74) is 5.62. The van der Waals surface area contributed by atoms with Crippen LogP contribution in [-0.4, -0.2) is 28.6 Å². The molecule has 1 amide bonds. The van der Waals surface area contributed by atoms with E-state index < -0.39 is 0 Å². The average Bonchev–Trinajstić information content (AvgIpc) is 3.26. The van der Waals surface area contributed by atoms with E-state index in [1.807, 2.05) is 48.5 Å². The van der Waals surface area contributed by atoms with Crippen LogP contribution >= 0.6 is 0 Å². The van der Waals surface area contributed by atoms with Crippen molar-refractivity contribution >= 4 is 22.6 Å². The van der Waals surface area contributed by atoms with Crippen molar-refractivity contribution in [3.8, 4) is 0 Å². The number of benzene rings is 1. The molecule has 5 rings (SSSR count). The van der Waals surface area contributed by atoms with Gasteiger partial charge in [-0.1, -0.05) is 24.3 Å². The molecule has 1 saturated heterocycles. The number of rotatable bonds is 2. The first-order valence-electron chi connectivity index (χ1n) is 8.24. The van der Waals surface area contributed by atoms with Crippen LogP contribution in [0.5, 0.6) is 0 Å². The summed E-state index contributed by atoms with van der Waals surface area (Å²) in [5, 5.41) is 6.09. The van der Waals surface area contributed by atoms with Crippen molar-refractivity contribution in [2.45, 2.75) is 12.1 Å². The third-order valence-electron chi connectivity index (χ3n) is 4.71. The fourth-order valence-electron chi connectivity index (χ4n) is 3.48. The number of para-hydroxylation sites is 1. The molecule has 2 N–H and O–H groups in total. The van der Waals surface area contributed by atoms with E-state index in [1.54, 1.807) is 17.3 Å². The maximum atomic E-state index is 12.5. The monoisotopic (exact) mass is 332 g/mol. The van der Waals surface area contributed by atoms with E-state index in [0.29, 0.717) is 18.0 Å². The van der Waals surface area contributed by atoms with Crippen LogP contribution < -0.4 is 10.7 Å². The van der Waals surface area contributed by atoms with Gasteiger partial charge in [0.15, 0.2) is 5.76 Å². The summed E-state index contributed by atoms with van der Waals surface area (Å²) in [6.45, 7) is 0.654. The van der Waals surface area contributed by atoms with Crippen molar-refractivity contribution < 1.29 is 9.21 Å². The van der Waals surface area contributed by atoms with Crippen molar-refractivity contribution in [1.29, 1.82) is 0 Å². The third kappa shape index (κ3) is 2.30. The molecule has 2 aliphatic rings. The standard InChI is InChI=1S/C19H16N4O2/c24-18-10-15(17-9-12-5-1-2-7-16(12)25-17)22-19-13(11-21-23(18)19)14-6-3-4-8-20-14/h1-10,13,19,21-22H,11H2. The van der Waals surface area contributed by atoms with Gasteiger partial charge in [0.25, 0.3) is 5.91 Å². The number of pyridine rings is 1. The summed E-state index contributed by atoms with van der Waals surface area (Å²) in [6, 6.07) is 15.6. The number of amides is 1. The topological polar surface area (TPSA) is 70.4 Å². The Hall–Kier alpha value is -3.12. The zero-order valence-electron chi connectivity index (χ0n) is 13.3. The van der Waals surface area contributed by atoms with Gasteiger partial charge in [0.1, 0.15) is 11.7 Å². The molecule has 2 atom stereocenters. The van der Waals surface area contributed by atoms with Gasteiger partial charge < -0.3 is 9.73 Å². The van der Waals surface area contributed by atoms with E-state index in [2.05, 4.69) is 15.7 Å². The fourth-order valence-corrected chi connectivity index (χ4v) is 3.48. The second kappa shape index (κ2) is 5.46. The van der Waals surface area contributed by atoms with Crippen LogP contribution in [0.1, 0.15) is 17.4 Å². The third-order valence-corrected chi connectivity index (χ3v) is 4.71.